The minimum absolute atomic E-state index is 0.0270. The maximum atomic E-state index is 12.0. The van der Waals surface area contributed by atoms with E-state index in [1.165, 1.54) is 18.2 Å². The van der Waals surface area contributed by atoms with Gasteiger partial charge in [0.2, 0.25) is 10.0 Å². The largest absolute Gasteiger partial charge is 0.460 e. The molecule has 0 amide bonds. The lowest BCUT2D eigenvalue weighted by molar-refractivity contribution is -0.154. The zero-order chi connectivity index (χ0) is 17.0. The fourth-order valence-corrected chi connectivity index (χ4v) is 3.02. The Morgan fingerprint density at radius 2 is 1.86 bits per heavy atom. The minimum Gasteiger partial charge on any atom is -0.460 e. The molecule has 0 aliphatic rings. The molecule has 22 heavy (non-hydrogen) atoms. The molecule has 0 aliphatic heterocycles. The number of carbonyl (C=O) groups excluding carboxylic acids is 1. The molecule has 0 saturated carbocycles. The molecule has 1 aromatic carbocycles. The maximum Gasteiger partial charge on any atom is 0.306 e. The lowest BCUT2D eigenvalue weighted by Gasteiger charge is -2.19. The minimum atomic E-state index is -3.68. The Kier molecular flexibility index (Phi) is 6.67. The summed E-state index contributed by atoms with van der Waals surface area (Å²) >= 11 is 11.5. The number of carbonyl (C=O) groups is 1. The molecule has 1 rings (SSSR count). The quantitative estimate of drug-likeness (QED) is 0.617. The van der Waals surface area contributed by atoms with Crippen LogP contribution in [0.5, 0.6) is 0 Å². The molecule has 1 N–H and O–H groups in total. The molecule has 124 valence electrons. The first-order chi connectivity index (χ1) is 10.0. The van der Waals surface area contributed by atoms with Crippen LogP contribution in [0.4, 0.5) is 0 Å². The average Bonchev–Trinajstić information content (AvgIpc) is 2.36. The summed E-state index contributed by atoms with van der Waals surface area (Å²) in [6.45, 7) is 5.45. The summed E-state index contributed by atoms with van der Waals surface area (Å²) < 4.78 is 31.6. The number of hydrogen-bond donors (Lipinski definition) is 1. The fraction of sp³-hybridized carbons (Fsp3) is 0.500. The van der Waals surface area contributed by atoms with Gasteiger partial charge in [-0.25, -0.2) is 13.1 Å². The van der Waals surface area contributed by atoms with Crippen LogP contribution < -0.4 is 4.72 Å². The topological polar surface area (TPSA) is 72.5 Å². The predicted molar refractivity (Wildman–Crippen MR) is 86.7 cm³/mol. The monoisotopic (exact) mass is 367 g/mol. The van der Waals surface area contributed by atoms with E-state index < -0.39 is 15.6 Å². The number of halogens is 2. The van der Waals surface area contributed by atoms with Gasteiger partial charge in [0.15, 0.2) is 0 Å². The first-order valence-corrected chi connectivity index (χ1v) is 8.92. The second-order valence-corrected chi connectivity index (χ2v) is 8.25. The highest BCUT2D eigenvalue weighted by atomic mass is 35.5. The van der Waals surface area contributed by atoms with Crippen LogP contribution in [0.1, 0.15) is 33.6 Å². The lowest BCUT2D eigenvalue weighted by Crippen LogP contribution is -2.27. The number of ether oxygens (including phenoxy) is 1. The highest BCUT2D eigenvalue weighted by Crippen LogP contribution is 2.24. The van der Waals surface area contributed by atoms with Gasteiger partial charge in [-0.05, 0) is 45.4 Å². The summed E-state index contributed by atoms with van der Waals surface area (Å²) in [5.74, 6) is -0.360. The number of nitrogens with one attached hydrogen (secondary N) is 1. The maximum absolute atomic E-state index is 12.0. The first-order valence-electron chi connectivity index (χ1n) is 6.68. The molecule has 0 aliphatic carbocycles. The standard InChI is InChI=1S/C14H19Cl2NO4S/c1-14(2,3)21-13(18)5-4-8-17-22(19,20)10-6-7-11(15)12(16)9-10/h6-7,9,17H,4-5,8H2,1-3H3. The summed E-state index contributed by atoms with van der Waals surface area (Å²) in [6.07, 6.45) is 0.483. The molecule has 0 saturated heterocycles. The zero-order valence-electron chi connectivity index (χ0n) is 12.7. The van der Waals surface area contributed by atoms with E-state index in [0.29, 0.717) is 6.42 Å². The van der Waals surface area contributed by atoms with Gasteiger partial charge in [0.25, 0.3) is 0 Å². The summed E-state index contributed by atoms with van der Waals surface area (Å²) in [5, 5.41) is 0.448. The van der Waals surface area contributed by atoms with Crippen molar-refractivity contribution in [2.45, 2.75) is 44.1 Å². The zero-order valence-corrected chi connectivity index (χ0v) is 15.0. The third kappa shape index (κ3) is 6.52. The second-order valence-electron chi connectivity index (χ2n) is 5.66. The van der Waals surface area contributed by atoms with E-state index in [-0.39, 0.29) is 33.9 Å². The molecule has 0 atom stereocenters. The molecular weight excluding hydrogens is 349 g/mol. The van der Waals surface area contributed by atoms with E-state index in [4.69, 9.17) is 27.9 Å². The van der Waals surface area contributed by atoms with Crippen LogP contribution in [0.3, 0.4) is 0 Å². The molecule has 0 unspecified atom stereocenters. The van der Waals surface area contributed by atoms with Gasteiger partial charge in [0.1, 0.15) is 5.60 Å². The molecule has 0 fully saturated rings. The molecular formula is C14H19Cl2NO4S. The van der Waals surface area contributed by atoms with E-state index in [1.54, 1.807) is 20.8 Å². The van der Waals surface area contributed by atoms with Crippen LogP contribution in [-0.2, 0) is 19.6 Å². The van der Waals surface area contributed by atoms with Crippen molar-refractivity contribution < 1.29 is 17.9 Å². The molecule has 0 spiro atoms. The van der Waals surface area contributed by atoms with E-state index in [2.05, 4.69) is 4.72 Å². The van der Waals surface area contributed by atoms with Crippen molar-refractivity contribution in [3.63, 3.8) is 0 Å². The van der Waals surface area contributed by atoms with Crippen molar-refractivity contribution in [2.24, 2.45) is 0 Å². The van der Waals surface area contributed by atoms with E-state index in [1.807, 2.05) is 0 Å². The van der Waals surface area contributed by atoms with Gasteiger partial charge in [-0.15, -0.1) is 0 Å². The second kappa shape index (κ2) is 7.64. The van der Waals surface area contributed by atoms with Crippen LogP contribution >= 0.6 is 23.2 Å². The smallest absolute Gasteiger partial charge is 0.306 e. The summed E-state index contributed by atoms with van der Waals surface area (Å²) in [5.41, 5.74) is -0.545. The summed E-state index contributed by atoms with van der Waals surface area (Å²) in [4.78, 5) is 11.5. The Bertz CT molecular complexity index is 639. The van der Waals surface area contributed by atoms with Gasteiger partial charge >= 0.3 is 5.97 Å². The van der Waals surface area contributed by atoms with E-state index in [9.17, 15) is 13.2 Å². The van der Waals surface area contributed by atoms with Crippen molar-refractivity contribution in [1.29, 1.82) is 0 Å². The molecule has 0 heterocycles. The average molecular weight is 368 g/mol. The number of benzene rings is 1. The predicted octanol–water partition coefficient (Wildman–Crippen LogP) is 3.39. The van der Waals surface area contributed by atoms with Crippen molar-refractivity contribution in [1.82, 2.24) is 4.72 Å². The summed E-state index contributed by atoms with van der Waals surface area (Å²) in [7, 11) is -3.68. The van der Waals surface area contributed by atoms with Crippen LogP contribution in [0, 0.1) is 0 Å². The molecule has 0 radical (unpaired) electrons. The third-order valence-corrected chi connectivity index (χ3v) is 4.67. The van der Waals surface area contributed by atoms with E-state index >= 15 is 0 Å². The molecule has 0 bridgehead atoms. The Balaban J connectivity index is 2.50. The third-order valence-electron chi connectivity index (χ3n) is 2.47. The molecule has 5 nitrogen and oxygen atoms in total. The number of sulfonamides is 1. The van der Waals surface area contributed by atoms with Gasteiger partial charge in [-0.2, -0.15) is 0 Å². The van der Waals surface area contributed by atoms with Crippen molar-refractivity contribution >= 4 is 39.2 Å². The molecule has 1 aromatic rings. The van der Waals surface area contributed by atoms with Crippen molar-refractivity contribution in [3.8, 4) is 0 Å². The first kappa shape index (κ1) is 19.2. The fourth-order valence-electron chi connectivity index (χ4n) is 1.56. The Hall–Kier alpha value is -0.820. The molecule has 0 aromatic heterocycles. The van der Waals surface area contributed by atoms with Gasteiger partial charge < -0.3 is 4.74 Å². The Morgan fingerprint density at radius 1 is 1.23 bits per heavy atom. The van der Waals surface area contributed by atoms with Gasteiger partial charge in [0.05, 0.1) is 14.9 Å². The van der Waals surface area contributed by atoms with Gasteiger partial charge in [0, 0.05) is 13.0 Å². The number of hydrogen-bond acceptors (Lipinski definition) is 4. The Labute approximate surface area is 141 Å². The highest BCUT2D eigenvalue weighted by molar-refractivity contribution is 7.89. The lowest BCUT2D eigenvalue weighted by atomic mass is 10.2. The van der Waals surface area contributed by atoms with E-state index in [0.717, 1.165) is 0 Å². The van der Waals surface area contributed by atoms with Crippen molar-refractivity contribution in [3.05, 3.63) is 28.2 Å². The summed E-state index contributed by atoms with van der Waals surface area (Å²) in [6, 6.07) is 4.06. The van der Waals surface area contributed by atoms with Crippen molar-refractivity contribution in [2.75, 3.05) is 6.54 Å². The van der Waals surface area contributed by atoms with Gasteiger partial charge in [-0.3, -0.25) is 4.79 Å². The van der Waals surface area contributed by atoms with Crippen LogP contribution in [0.15, 0.2) is 23.1 Å². The Morgan fingerprint density at radius 3 is 2.41 bits per heavy atom. The number of esters is 1. The molecule has 8 heteroatoms. The van der Waals surface area contributed by atoms with Crippen LogP contribution in [-0.4, -0.2) is 26.5 Å². The normalized spacial score (nSPS) is 12.2. The number of rotatable bonds is 6. The van der Waals surface area contributed by atoms with Gasteiger partial charge in [-0.1, -0.05) is 23.2 Å². The van der Waals surface area contributed by atoms with Crippen LogP contribution in [0.2, 0.25) is 10.0 Å². The highest BCUT2D eigenvalue weighted by Gasteiger charge is 2.17. The SMILES string of the molecule is CC(C)(C)OC(=O)CCCNS(=O)(=O)c1ccc(Cl)c(Cl)c1. The van der Waals surface area contributed by atoms with Crippen LogP contribution in [0.25, 0.3) is 0 Å².